The molecular weight excluding hydrogens is 306 g/mol. The van der Waals surface area contributed by atoms with Gasteiger partial charge in [-0.1, -0.05) is 56.3 Å². The Hall–Kier alpha value is -2.22. The Kier molecular flexibility index (Phi) is 4.52. The van der Waals surface area contributed by atoms with Crippen molar-refractivity contribution >= 4 is 5.69 Å². The average Bonchev–Trinajstić information content (AvgIpc) is 3.11. The zero-order chi connectivity index (χ0) is 17.2. The molecule has 2 aromatic carbocycles. The lowest BCUT2D eigenvalue weighted by Crippen LogP contribution is -2.29. The molecule has 3 atom stereocenters. The summed E-state index contributed by atoms with van der Waals surface area (Å²) in [5.41, 5.74) is 4.01. The van der Waals surface area contributed by atoms with E-state index in [-0.39, 0.29) is 0 Å². The van der Waals surface area contributed by atoms with Gasteiger partial charge in [-0.15, -0.1) is 0 Å². The first-order chi connectivity index (χ1) is 12.2. The van der Waals surface area contributed by atoms with E-state index in [2.05, 4.69) is 79.8 Å². The monoisotopic (exact) mass is 333 g/mol. The number of benzene rings is 2. The van der Waals surface area contributed by atoms with Crippen LogP contribution in [0.2, 0.25) is 0 Å². The Morgan fingerprint density at radius 2 is 1.96 bits per heavy atom. The fraction of sp³-hybridized carbons (Fsp3) is 0.391. The maximum atomic E-state index is 5.99. The highest BCUT2D eigenvalue weighted by molar-refractivity contribution is 5.61. The van der Waals surface area contributed by atoms with Crippen LogP contribution in [-0.4, -0.2) is 6.61 Å². The molecule has 0 saturated heterocycles. The molecule has 25 heavy (non-hydrogen) atoms. The molecular formula is C23H27NO. The van der Waals surface area contributed by atoms with Crippen molar-refractivity contribution < 1.29 is 4.74 Å². The van der Waals surface area contributed by atoms with Crippen LogP contribution < -0.4 is 10.1 Å². The number of nitrogens with one attached hydrogen (secondary N) is 1. The zero-order valence-electron chi connectivity index (χ0n) is 15.1. The third-order valence-corrected chi connectivity index (χ3v) is 5.46. The predicted octanol–water partition coefficient (Wildman–Crippen LogP) is 5.94. The van der Waals surface area contributed by atoms with Crippen molar-refractivity contribution in [1.29, 1.82) is 0 Å². The van der Waals surface area contributed by atoms with Gasteiger partial charge in [0.25, 0.3) is 0 Å². The third kappa shape index (κ3) is 3.30. The quantitative estimate of drug-likeness (QED) is 0.684. The molecule has 3 unspecified atom stereocenters. The lowest BCUT2D eigenvalue weighted by atomic mass is 9.77. The van der Waals surface area contributed by atoms with Gasteiger partial charge in [0, 0.05) is 11.6 Å². The molecule has 130 valence electrons. The van der Waals surface area contributed by atoms with Crippen LogP contribution in [0.25, 0.3) is 0 Å². The minimum Gasteiger partial charge on any atom is -0.494 e. The standard InChI is InChI=1S/C23H27NO/c1-16(2)13-14-25-18-11-12-22-21(15-18)19-9-6-10-20(19)23(24-22)17-7-4-3-5-8-17/h3-9,11-12,15-16,19-20,23-24H,10,13-14H2,1-2H3. The summed E-state index contributed by atoms with van der Waals surface area (Å²) in [6.07, 6.45) is 6.96. The topological polar surface area (TPSA) is 21.3 Å². The van der Waals surface area contributed by atoms with E-state index in [9.17, 15) is 0 Å². The molecule has 0 spiro atoms. The molecule has 0 amide bonds. The van der Waals surface area contributed by atoms with Crippen molar-refractivity contribution in [3.8, 4) is 5.75 Å². The summed E-state index contributed by atoms with van der Waals surface area (Å²) in [6.45, 7) is 5.26. The molecule has 0 fully saturated rings. The number of rotatable bonds is 5. The van der Waals surface area contributed by atoms with Crippen LogP contribution in [-0.2, 0) is 0 Å². The second-order valence-electron chi connectivity index (χ2n) is 7.67. The van der Waals surface area contributed by atoms with Crippen molar-refractivity contribution in [2.75, 3.05) is 11.9 Å². The molecule has 2 aliphatic rings. The van der Waals surface area contributed by atoms with Crippen molar-refractivity contribution in [3.05, 3.63) is 71.8 Å². The van der Waals surface area contributed by atoms with E-state index in [1.807, 2.05) is 0 Å². The van der Waals surface area contributed by atoms with Gasteiger partial charge in [0.2, 0.25) is 0 Å². The minimum absolute atomic E-state index is 0.376. The molecule has 0 aromatic heterocycles. The fourth-order valence-electron chi connectivity index (χ4n) is 4.07. The summed E-state index contributed by atoms with van der Waals surface area (Å²) in [4.78, 5) is 0. The highest BCUT2D eigenvalue weighted by Crippen LogP contribution is 2.50. The number of hydrogen-bond donors (Lipinski definition) is 1. The first-order valence-corrected chi connectivity index (χ1v) is 9.47. The zero-order valence-corrected chi connectivity index (χ0v) is 15.1. The summed E-state index contributed by atoms with van der Waals surface area (Å²) in [5, 5.41) is 3.79. The third-order valence-electron chi connectivity index (χ3n) is 5.46. The van der Waals surface area contributed by atoms with Gasteiger partial charge in [0.05, 0.1) is 12.6 Å². The summed E-state index contributed by atoms with van der Waals surface area (Å²) in [5.74, 6) is 2.74. The summed E-state index contributed by atoms with van der Waals surface area (Å²) in [7, 11) is 0. The van der Waals surface area contributed by atoms with E-state index in [0.29, 0.717) is 23.8 Å². The maximum Gasteiger partial charge on any atom is 0.119 e. The van der Waals surface area contributed by atoms with Crippen molar-refractivity contribution in [2.24, 2.45) is 11.8 Å². The van der Waals surface area contributed by atoms with Crippen LogP contribution >= 0.6 is 0 Å². The molecule has 2 aromatic rings. The lowest BCUT2D eigenvalue weighted by molar-refractivity contribution is 0.289. The number of fused-ring (bicyclic) bond motifs is 3. The predicted molar refractivity (Wildman–Crippen MR) is 104 cm³/mol. The van der Waals surface area contributed by atoms with Gasteiger partial charge in [-0.3, -0.25) is 0 Å². The minimum atomic E-state index is 0.376. The molecule has 1 N–H and O–H groups in total. The van der Waals surface area contributed by atoms with Gasteiger partial charge in [-0.25, -0.2) is 0 Å². The van der Waals surface area contributed by atoms with E-state index in [1.54, 1.807) is 0 Å². The van der Waals surface area contributed by atoms with Crippen molar-refractivity contribution in [2.45, 2.75) is 38.6 Å². The number of ether oxygens (including phenoxy) is 1. The first kappa shape index (κ1) is 16.3. The summed E-state index contributed by atoms with van der Waals surface area (Å²) in [6, 6.07) is 17.8. The van der Waals surface area contributed by atoms with E-state index < -0.39 is 0 Å². The SMILES string of the molecule is CC(C)CCOc1ccc2c(c1)C1C=CCC1C(c1ccccc1)N2. The maximum absolute atomic E-state index is 5.99. The average molecular weight is 333 g/mol. The Balaban J connectivity index is 1.59. The second-order valence-corrected chi connectivity index (χ2v) is 7.67. The molecule has 2 heteroatoms. The van der Waals surface area contributed by atoms with E-state index in [1.165, 1.54) is 16.8 Å². The number of anilines is 1. The van der Waals surface area contributed by atoms with Crippen LogP contribution in [0.5, 0.6) is 5.75 Å². The molecule has 0 radical (unpaired) electrons. The van der Waals surface area contributed by atoms with Crippen LogP contribution in [0.4, 0.5) is 5.69 Å². The number of allylic oxidation sites excluding steroid dienone is 2. The van der Waals surface area contributed by atoms with Crippen LogP contribution in [0, 0.1) is 11.8 Å². The van der Waals surface area contributed by atoms with Crippen LogP contribution in [0.1, 0.15) is 49.8 Å². The molecule has 2 nitrogen and oxygen atoms in total. The highest BCUT2D eigenvalue weighted by Gasteiger charge is 2.37. The van der Waals surface area contributed by atoms with Crippen LogP contribution in [0.3, 0.4) is 0 Å². The Morgan fingerprint density at radius 1 is 1.12 bits per heavy atom. The fourth-order valence-corrected chi connectivity index (χ4v) is 4.07. The molecule has 4 rings (SSSR count). The Morgan fingerprint density at radius 3 is 2.76 bits per heavy atom. The summed E-state index contributed by atoms with van der Waals surface area (Å²) >= 11 is 0. The molecule has 1 aliphatic carbocycles. The largest absolute Gasteiger partial charge is 0.494 e. The molecule has 0 bridgehead atoms. The second kappa shape index (κ2) is 6.95. The van der Waals surface area contributed by atoms with Crippen molar-refractivity contribution in [1.82, 2.24) is 0 Å². The Labute approximate surface area is 150 Å². The van der Waals surface area contributed by atoms with Gasteiger partial charge < -0.3 is 10.1 Å². The Bertz CT molecular complexity index is 750. The van der Waals surface area contributed by atoms with Crippen LogP contribution in [0.15, 0.2) is 60.7 Å². The highest BCUT2D eigenvalue weighted by atomic mass is 16.5. The van der Waals surface area contributed by atoms with Gasteiger partial charge in [-0.2, -0.15) is 0 Å². The van der Waals surface area contributed by atoms with Gasteiger partial charge in [-0.05, 0) is 54.0 Å². The van der Waals surface area contributed by atoms with Gasteiger partial charge in [0.15, 0.2) is 0 Å². The van der Waals surface area contributed by atoms with E-state index in [4.69, 9.17) is 4.74 Å². The van der Waals surface area contributed by atoms with Gasteiger partial charge in [0.1, 0.15) is 5.75 Å². The normalized spacial score (nSPS) is 23.9. The first-order valence-electron chi connectivity index (χ1n) is 9.47. The molecule has 0 saturated carbocycles. The lowest BCUT2D eigenvalue weighted by Gasteiger charge is -2.37. The van der Waals surface area contributed by atoms with E-state index >= 15 is 0 Å². The molecule has 1 aliphatic heterocycles. The molecule has 1 heterocycles. The van der Waals surface area contributed by atoms with E-state index in [0.717, 1.165) is 25.2 Å². The smallest absolute Gasteiger partial charge is 0.119 e. The summed E-state index contributed by atoms with van der Waals surface area (Å²) < 4.78 is 5.99. The number of hydrogen-bond acceptors (Lipinski definition) is 2. The van der Waals surface area contributed by atoms with Crippen molar-refractivity contribution in [3.63, 3.8) is 0 Å². The van der Waals surface area contributed by atoms with Gasteiger partial charge >= 0.3 is 0 Å².